The number of carbonyl (C=O) groups excluding carboxylic acids is 1. The van der Waals surface area contributed by atoms with Crippen LogP contribution in [0.2, 0.25) is 0 Å². The highest BCUT2D eigenvalue weighted by atomic mass is 16.2. The summed E-state index contributed by atoms with van der Waals surface area (Å²) in [5.41, 5.74) is 2.89. The zero-order valence-corrected chi connectivity index (χ0v) is 11.2. The molecule has 0 aliphatic carbocycles. The van der Waals surface area contributed by atoms with Crippen molar-refractivity contribution in [2.24, 2.45) is 0 Å². The molecule has 0 saturated heterocycles. The van der Waals surface area contributed by atoms with Crippen molar-refractivity contribution in [2.45, 2.75) is 19.9 Å². The van der Waals surface area contributed by atoms with Gasteiger partial charge in [-0.25, -0.2) is 0 Å². The van der Waals surface area contributed by atoms with E-state index in [4.69, 9.17) is 0 Å². The normalized spacial score (nSPS) is 11.7. The highest BCUT2D eigenvalue weighted by Crippen LogP contribution is 2.11. The molecular weight excluding hydrogens is 236 g/mol. The molecule has 2 aromatic rings. The van der Waals surface area contributed by atoms with Crippen LogP contribution in [0.1, 0.15) is 12.5 Å². The maximum absolute atomic E-state index is 12.1. The van der Waals surface area contributed by atoms with Gasteiger partial charge in [-0.3, -0.25) is 4.79 Å². The molecule has 0 radical (unpaired) electrons. The van der Waals surface area contributed by atoms with Gasteiger partial charge in [-0.15, -0.1) is 0 Å². The van der Waals surface area contributed by atoms with Crippen molar-refractivity contribution in [2.75, 3.05) is 10.6 Å². The van der Waals surface area contributed by atoms with Gasteiger partial charge in [0.2, 0.25) is 5.91 Å². The summed E-state index contributed by atoms with van der Waals surface area (Å²) >= 11 is 0. The number of hydrogen-bond acceptors (Lipinski definition) is 2. The van der Waals surface area contributed by atoms with Gasteiger partial charge >= 0.3 is 0 Å². The van der Waals surface area contributed by atoms with E-state index in [0.29, 0.717) is 0 Å². The van der Waals surface area contributed by atoms with Crippen molar-refractivity contribution in [1.82, 2.24) is 0 Å². The molecular formula is C16H18N2O. The van der Waals surface area contributed by atoms with Crippen LogP contribution in [0.15, 0.2) is 54.6 Å². The topological polar surface area (TPSA) is 41.1 Å². The Morgan fingerprint density at radius 3 is 2.37 bits per heavy atom. The molecule has 0 spiro atoms. The summed E-state index contributed by atoms with van der Waals surface area (Å²) in [6.07, 6.45) is 0. The van der Waals surface area contributed by atoms with Gasteiger partial charge in [0.15, 0.2) is 0 Å². The molecule has 3 nitrogen and oxygen atoms in total. The molecule has 19 heavy (non-hydrogen) atoms. The molecule has 0 aliphatic heterocycles. The highest BCUT2D eigenvalue weighted by Gasteiger charge is 2.12. The van der Waals surface area contributed by atoms with Crippen LogP contribution in [-0.4, -0.2) is 11.9 Å². The fraction of sp³-hybridized carbons (Fsp3) is 0.188. The second-order valence-corrected chi connectivity index (χ2v) is 4.59. The van der Waals surface area contributed by atoms with Gasteiger partial charge in [0.25, 0.3) is 0 Å². The summed E-state index contributed by atoms with van der Waals surface area (Å²) < 4.78 is 0. The van der Waals surface area contributed by atoms with Crippen molar-refractivity contribution in [3.05, 3.63) is 60.2 Å². The van der Waals surface area contributed by atoms with Crippen molar-refractivity contribution in [3.8, 4) is 0 Å². The van der Waals surface area contributed by atoms with Gasteiger partial charge < -0.3 is 10.6 Å². The molecule has 1 atom stereocenters. The van der Waals surface area contributed by atoms with Gasteiger partial charge in [0.1, 0.15) is 6.04 Å². The van der Waals surface area contributed by atoms with E-state index in [1.54, 1.807) is 0 Å². The number of aryl methyl sites for hydroxylation is 1. The van der Waals surface area contributed by atoms with Crippen molar-refractivity contribution < 1.29 is 4.79 Å². The Morgan fingerprint density at radius 2 is 1.68 bits per heavy atom. The lowest BCUT2D eigenvalue weighted by molar-refractivity contribution is -0.116. The quantitative estimate of drug-likeness (QED) is 0.877. The van der Waals surface area contributed by atoms with Crippen molar-refractivity contribution in [3.63, 3.8) is 0 Å². The maximum atomic E-state index is 12.1. The average Bonchev–Trinajstić information content (AvgIpc) is 2.40. The van der Waals surface area contributed by atoms with E-state index in [1.165, 1.54) is 0 Å². The Kier molecular flexibility index (Phi) is 4.18. The molecule has 1 amide bonds. The smallest absolute Gasteiger partial charge is 0.246 e. The molecule has 1 unspecified atom stereocenters. The number of hydrogen-bond donors (Lipinski definition) is 2. The van der Waals surface area contributed by atoms with Crippen LogP contribution in [0.5, 0.6) is 0 Å². The zero-order valence-electron chi connectivity index (χ0n) is 11.2. The van der Waals surface area contributed by atoms with Gasteiger partial charge in [0.05, 0.1) is 0 Å². The molecule has 2 rings (SSSR count). The average molecular weight is 254 g/mol. The van der Waals surface area contributed by atoms with Crippen LogP contribution in [-0.2, 0) is 4.79 Å². The minimum atomic E-state index is -0.289. The second kappa shape index (κ2) is 6.05. The molecule has 2 N–H and O–H groups in total. The molecule has 0 fully saturated rings. The molecule has 0 saturated carbocycles. The summed E-state index contributed by atoms with van der Waals surface area (Å²) in [4.78, 5) is 12.1. The summed E-state index contributed by atoms with van der Waals surface area (Å²) in [5, 5.41) is 6.07. The lowest BCUT2D eigenvalue weighted by Crippen LogP contribution is -2.31. The van der Waals surface area contributed by atoms with E-state index in [9.17, 15) is 4.79 Å². The van der Waals surface area contributed by atoms with Gasteiger partial charge in [0, 0.05) is 11.4 Å². The first kappa shape index (κ1) is 13.1. The number of anilines is 2. The van der Waals surface area contributed by atoms with E-state index < -0.39 is 0 Å². The van der Waals surface area contributed by atoms with Crippen molar-refractivity contribution in [1.29, 1.82) is 0 Å². The summed E-state index contributed by atoms with van der Waals surface area (Å²) in [6, 6.07) is 17.2. The maximum Gasteiger partial charge on any atom is 0.246 e. The number of nitrogens with one attached hydrogen (secondary N) is 2. The minimum Gasteiger partial charge on any atom is -0.374 e. The van der Waals surface area contributed by atoms with E-state index in [0.717, 1.165) is 16.9 Å². The number of carbonyl (C=O) groups is 1. The molecule has 2 aromatic carbocycles. The third-order valence-corrected chi connectivity index (χ3v) is 2.84. The van der Waals surface area contributed by atoms with Crippen molar-refractivity contribution >= 4 is 17.3 Å². The fourth-order valence-electron chi connectivity index (χ4n) is 1.82. The molecule has 3 heteroatoms. The number of amides is 1. The lowest BCUT2D eigenvalue weighted by atomic mass is 10.2. The molecule has 0 aromatic heterocycles. The Hall–Kier alpha value is -2.29. The molecule has 0 bridgehead atoms. The van der Waals surface area contributed by atoms with Gasteiger partial charge in [-0.2, -0.15) is 0 Å². The molecule has 0 aliphatic rings. The lowest BCUT2D eigenvalue weighted by Gasteiger charge is -2.15. The monoisotopic (exact) mass is 254 g/mol. The predicted octanol–water partition coefficient (Wildman–Crippen LogP) is 3.43. The van der Waals surface area contributed by atoms with E-state index in [-0.39, 0.29) is 11.9 Å². The number of para-hydroxylation sites is 1. The Bertz CT molecular complexity index is 552. The van der Waals surface area contributed by atoms with E-state index in [2.05, 4.69) is 10.6 Å². The first-order valence-corrected chi connectivity index (χ1v) is 6.34. The molecule has 0 heterocycles. The van der Waals surface area contributed by atoms with E-state index in [1.807, 2.05) is 68.4 Å². The first-order valence-electron chi connectivity index (χ1n) is 6.34. The molecule has 98 valence electrons. The SMILES string of the molecule is Cc1cccc(NC(=O)C(C)Nc2ccccc2)c1. The zero-order chi connectivity index (χ0) is 13.7. The Balaban J connectivity index is 1.96. The van der Waals surface area contributed by atoms with Crippen LogP contribution in [0.3, 0.4) is 0 Å². The fourth-order valence-corrected chi connectivity index (χ4v) is 1.82. The Morgan fingerprint density at radius 1 is 1.00 bits per heavy atom. The van der Waals surface area contributed by atoms with Crippen LogP contribution >= 0.6 is 0 Å². The van der Waals surface area contributed by atoms with Gasteiger partial charge in [-0.1, -0.05) is 30.3 Å². The standard InChI is InChI=1S/C16H18N2O/c1-12-7-6-10-15(11-12)18-16(19)13(2)17-14-8-4-3-5-9-14/h3-11,13,17H,1-2H3,(H,18,19). The summed E-state index contributed by atoms with van der Waals surface area (Å²) in [6.45, 7) is 3.85. The summed E-state index contributed by atoms with van der Waals surface area (Å²) in [7, 11) is 0. The number of benzene rings is 2. The largest absolute Gasteiger partial charge is 0.374 e. The van der Waals surface area contributed by atoms with Crippen LogP contribution in [0.4, 0.5) is 11.4 Å². The third kappa shape index (κ3) is 3.85. The Labute approximate surface area is 113 Å². The second-order valence-electron chi connectivity index (χ2n) is 4.59. The van der Waals surface area contributed by atoms with Gasteiger partial charge in [-0.05, 0) is 43.7 Å². The third-order valence-electron chi connectivity index (χ3n) is 2.84. The minimum absolute atomic E-state index is 0.0468. The van der Waals surface area contributed by atoms with E-state index >= 15 is 0 Å². The van der Waals surface area contributed by atoms with Crippen LogP contribution in [0, 0.1) is 6.92 Å². The predicted molar refractivity (Wildman–Crippen MR) is 79.3 cm³/mol. The highest BCUT2D eigenvalue weighted by molar-refractivity contribution is 5.96. The van der Waals surface area contributed by atoms with Crippen LogP contribution < -0.4 is 10.6 Å². The number of rotatable bonds is 4. The first-order chi connectivity index (χ1) is 9.15. The summed E-state index contributed by atoms with van der Waals surface area (Å²) in [5.74, 6) is -0.0468. The van der Waals surface area contributed by atoms with Crippen LogP contribution in [0.25, 0.3) is 0 Å².